The fourth-order valence-corrected chi connectivity index (χ4v) is 2.25. The molecule has 0 spiro atoms. The Morgan fingerprint density at radius 1 is 0.667 bits per heavy atom. The van der Waals surface area contributed by atoms with Gasteiger partial charge in [-0.15, -0.1) is 0 Å². The second kappa shape index (κ2) is 17.6. The standard InChI is InChI=1S/C21H36O6/c1-4-7-10-13-25-19(22)16-18(21(24)27-15-12-9-6-3)17-20(23)26-14-11-8-5-2/h16H,4-15,17H2,1-3H3. The molecule has 0 N–H and O–H groups in total. The zero-order chi connectivity index (χ0) is 20.3. The maximum Gasteiger partial charge on any atom is 0.334 e. The van der Waals surface area contributed by atoms with Crippen molar-refractivity contribution >= 4 is 17.9 Å². The summed E-state index contributed by atoms with van der Waals surface area (Å²) >= 11 is 0. The minimum atomic E-state index is -0.665. The highest BCUT2D eigenvalue weighted by Gasteiger charge is 2.18. The van der Waals surface area contributed by atoms with Crippen LogP contribution in [0.2, 0.25) is 0 Å². The lowest BCUT2D eigenvalue weighted by molar-refractivity contribution is -0.146. The highest BCUT2D eigenvalue weighted by molar-refractivity contribution is 5.99. The first kappa shape index (κ1) is 25.1. The molecule has 0 unspecified atom stereocenters. The molecule has 156 valence electrons. The SMILES string of the molecule is CCCCCOC(=O)C=C(CC(=O)OCCCCC)C(=O)OCCCCC. The van der Waals surface area contributed by atoms with Gasteiger partial charge < -0.3 is 14.2 Å². The van der Waals surface area contributed by atoms with E-state index in [1.807, 2.05) is 0 Å². The molecule has 0 saturated heterocycles. The Kier molecular flexibility index (Phi) is 16.4. The molecule has 6 heteroatoms. The minimum absolute atomic E-state index is 0.0209. The third kappa shape index (κ3) is 15.0. The molecule has 0 aromatic rings. The fourth-order valence-electron chi connectivity index (χ4n) is 2.25. The average molecular weight is 385 g/mol. The normalized spacial score (nSPS) is 11.1. The van der Waals surface area contributed by atoms with Crippen LogP contribution in [0.1, 0.15) is 85.0 Å². The molecule has 0 saturated carbocycles. The molecule has 0 aliphatic heterocycles. The van der Waals surface area contributed by atoms with Crippen molar-refractivity contribution in [3.05, 3.63) is 11.6 Å². The van der Waals surface area contributed by atoms with E-state index in [2.05, 4.69) is 20.8 Å². The largest absolute Gasteiger partial charge is 0.465 e. The maximum absolute atomic E-state index is 12.2. The predicted octanol–water partition coefficient (Wildman–Crippen LogP) is 4.50. The molecule has 0 aromatic carbocycles. The smallest absolute Gasteiger partial charge is 0.334 e. The Balaban J connectivity index is 4.67. The van der Waals surface area contributed by atoms with Crippen LogP contribution in [0.3, 0.4) is 0 Å². The van der Waals surface area contributed by atoms with E-state index in [1.54, 1.807) is 0 Å². The Morgan fingerprint density at radius 2 is 1.15 bits per heavy atom. The lowest BCUT2D eigenvalue weighted by atomic mass is 10.1. The summed E-state index contributed by atoms with van der Waals surface area (Å²) in [5.74, 6) is -1.84. The molecule has 0 amide bonds. The number of ether oxygens (including phenoxy) is 3. The van der Waals surface area contributed by atoms with Crippen LogP contribution in [0.4, 0.5) is 0 Å². The van der Waals surface area contributed by atoms with Crippen molar-refractivity contribution < 1.29 is 28.6 Å². The van der Waals surface area contributed by atoms with Crippen molar-refractivity contribution in [2.45, 2.75) is 85.0 Å². The molecule has 0 bridgehead atoms. The topological polar surface area (TPSA) is 78.9 Å². The molecule has 0 rings (SSSR count). The van der Waals surface area contributed by atoms with Crippen molar-refractivity contribution in [2.24, 2.45) is 0 Å². The van der Waals surface area contributed by atoms with Gasteiger partial charge in [-0.1, -0.05) is 59.3 Å². The van der Waals surface area contributed by atoms with Gasteiger partial charge in [0.15, 0.2) is 0 Å². The van der Waals surface area contributed by atoms with E-state index in [1.165, 1.54) is 0 Å². The van der Waals surface area contributed by atoms with Crippen LogP contribution in [0.5, 0.6) is 0 Å². The first-order valence-corrected chi connectivity index (χ1v) is 10.2. The molecule has 0 heterocycles. The van der Waals surface area contributed by atoms with E-state index in [0.29, 0.717) is 13.2 Å². The van der Waals surface area contributed by atoms with Crippen LogP contribution in [-0.2, 0) is 28.6 Å². The zero-order valence-electron chi connectivity index (χ0n) is 17.2. The summed E-state index contributed by atoms with van der Waals surface area (Å²) in [6.45, 7) is 7.04. The van der Waals surface area contributed by atoms with Crippen molar-refractivity contribution in [1.82, 2.24) is 0 Å². The van der Waals surface area contributed by atoms with E-state index in [4.69, 9.17) is 14.2 Å². The van der Waals surface area contributed by atoms with Crippen LogP contribution in [0.25, 0.3) is 0 Å². The van der Waals surface area contributed by atoms with Gasteiger partial charge in [0.25, 0.3) is 0 Å². The molecule has 6 nitrogen and oxygen atoms in total. The number of hydrogen-bond acceptors (Lipinski definition) is 6. The van der Waals surface area contributed by atoms with E-state index < -0.39 is 17.9 Å². The summed E-state index contributed by atoms with van der Waals surface area (Å²) in [7, 11) is 0. The summed E-state index contributed by atoms with van der Waals surface area (Å²) in [6, 6.07) is 0. The lowest BCUT2D eigenvalue weighted by Gasteiger charge is -2.09. The molecule has 27 heavy (non-hydrogen) atoms. The van der Waals surface area contributed by atoms with Gasteiger partial charge in [-0.05, 0) is 19.3 Å². The maximum atomic E-state index is 12.2. The van der Waals surface area contributed by atoms with Gasteiger partial charge in [-0.3, -0.25) is 4.79 Å². The van der Waals surface area contributed by atoms with Crippen LogP contribution >= 0.6 is 0 Å². The summed E-state index contributed by atoms with van der Waals surface area (Å²) in [6.07, 6.45) is 9.01. The van der Waals surface area contributed by atoms with Crippen LogP contribution in [0, 0.1) is 0 Å². The Bertz CT molecular complexity index is 456. The van der Waals surface area contributed by atoms with Crippen LogP contribution in [0.15, 0.2) is 11.6 Å². The molecule has 0 radical (unpaired) electrons. The van der Waals surface area contributed by atoms with Gasteiger partial charge in [-0.25, -0.2) is 9.59 Å². The Morgan fingerprint density at radius 3 is 1.67 bits per heavy atom. The van der Waals surface area contributed by atoms with Crippen molar-refractivity contribution in [2.75, 3.05) is 19.8 Å². The van der Waals surface area contributed by atoms with Crippen LogP contribution < -0.4 is 0 Å². The van der Waals surface area contributed by atoms with Crippen molar-refractivity contribution in [3.8, 4) is 0 Å². The fraction of sp³-hybridized carbons (Fsp3) is 0.762. The molecule has 0 aliphatic rings. The van der Waals surface area contributed by atoms with Gasteiger partial charge in [0.2, 0.25) is 0 Å². The van der Waals surface area contributed by atoms with Gasteiger partial charge in [0, 0.05) is 6.08 Å². The summed E-state index contributed by atoms with van der Waals surface area (Å²) in [5, 5.41) is 0. The molecular formula is C21H36O6. The first-order chi connectivity index (χ1) is 13.0. The number of hydrogen-bond donors (Lipinski definition) is 0. The third-order valence-corrected chi connectivity index (χ3v) is 3.87. The summed E-state index contributed by atoms with van der Waals surface area (Å²) in [5.41, 5.74) is -0.0209. The van der Waals surface area contributed by atoms with Gasteiger partial charge in [-0.2, -0.15) is 0 Å². The van der Waals surface area contributed by atoms with Gasteiger partial charge in [0.1, 0.15) is 0 Å². The highest BCUT2D eigenvalue weighted by atomic mass is 16.5. The van der Waals surface area contributed by atoms with E-state index in [9.17, 15) is 14.4 Å². The minimum Gasteiger partial charge on any atom is -0.465 e. The molecule has 0 aromatic heterocycles. The molecular weight excluding hydrogens is 348 g/mol. The highest BCUT2D eigenvalue weighted by Crippen LogP contribution is 2.09. The van der Waals surface area contributed by atoms with Crippen molar-refractivity contribution in [3.63, 3.8) is 0 Å². The number of carbonyl (C=O) groups is 3. The van der Waals surface area contributed by atoms with E-state index in [-0.39, 0.29) is 18.6 Å². The number of carbonyl (C=O) groups excluding carboxylic acids is 3. The van der Waals surface area contributed by atoms with E-state index >= 15 is 0 Å². The predicted molar refractivity (Wildman–Crippen MR) is 104 cm³/mol. The van der Waals surface area contributed by atoms with Crippen LogP contribution in [-0.4, -0.2) is 37.7 Å². The second-order valence-corrected chi connectivity index (χ2v) is 6.49. The van der Waals surface area contributed by atoms with Gasteiger partial charge >= 0.3 is 17.9 Å². The summed E-state index contributed by atoms with van der Waals surface area (Å²) < 4.78 is 15.4. The Hall–Kier alpha value is -1.85. The molecule has 0 aliphatic carbocycles. The second-order valence-electron chi connectivity index (χ2n) is 6.49. The monoisotopic (exact) mass is 384 g/mol. The quantitative estimate of drug-likeness (QED) is 0.169. The first-order valence-electron chi connectivity index (χ1n) is 10.2. The third-order valence-electron chi connectivity index (χ3n) is 3.87. The zero-order valence-corrected chi connectivity index (χ0v) is 17.2. The Labute approximate surface area is 163 Å². The average Bonchev–Trinajstić information content (AvgIpc) is 2.65. The van der Waals surface area contributed by atoms with Gasteiger partial charge in [0.05, 0.1) is 31.8 Å². The van der Waals surface area contributed by atoms with Crippen molar-refractivity contribution in [1.29, 1.82) is 0 Å². The molecule has 0 fully saturated rings. The number of unbranched alkanes of at least 4 members (excludes halogenated alkanes) is 6. The van der Waals surface area contributed by atoms with E-state index in [0.717, 1.165) is 63.9 Å². The number of rotatable bonds is 16. The lowest BCUT2D eigenvalue weighted by Crippen LogP contribution is -2.17. The summed E-state index contributed by atoms with van der Waals surface area (Å²) in [4.78, 5) is 36.1. The number of esters is 3. The molecule has 0 atom stereocenters.